The lowest BCUT2D eigenvalue weighted by Crippen LogP contribution is -2.81. The molecule has 0 amide bonds. The Kier molecular flexibility index (Phi) is 3.90. The van der Waals surface area contributed by atoms with E-state index in [2.05, 4.69) is 4.99 Å². The number of nitrogens with one attached hydrogen (secondary N) is 1. The second kappa shape index (κ2) is 5.32. The Morgan fingerprint density at radius 2 is 1.95 bits per heavy atom. The van der Waals surface area contributed by atoms with Crippen LogP contribution in [0, 0.1) is 5.92 Å². The number of aliphatic hydroxyl groups is 1. The summed E-state index contributed by atoms with van der Waals surface area (Å²) in [4.78, 5) is 3.33. The first-order valence-corrected chi connectivity index (χ1v) is 6.86. The second-order valence-corrected chi connectivity index (χ2v) is 6.05. The molecule has 0 atom stereocenters. The van der Waals surface area contributed by atoms with E-state index in [-0.39, 0.29) is 0 Å². The monoisotopic (exact) mass is 278 g/mol. The van der Waals surface area contributed by atoms with Gasteiger partial charge in [-0.25, -0.2) is 4.99 Å². The molecule has 5 heteroatoms. The molecule has 110 valence electrons. The number of nitrogens with two attached hydrogens (primary N) is 2. The van der Waals surface area contributed by atoms with Crippen LogP contribution in [0.1, 0.15) is 32.3 Å². The third kappa shape index (κ3) is 3.04. The summed E-state index contributed by atoms with van der Waals surface area (Å²) >= 11 is 0. The first-order valence-electron chi connectivity index (χ1n) is 6.86. The molecule has 0 heterocycles. The summed E-state index contributed by atoms with van der Waals surface area (Å²) in [5.41, 5.74) is 13.3. The molecule has 1 aliphatic rings. The van der Waals surface area contributed by atoms with Crippen LogP contribution in [0.2, 0.25) is 0 Å². The van der Waals surface area contributed by atoms with Crippen LogP contribution < -0.4 is 21.2 Å². The maximum absolute atomic E-state index is 9.89. The summed E-state index contributed by atoms with van der Waals surface area (Å²) in [5.74, 6) is 0.942. The minimum atomic E-state index is -0.595. The van der Waals surface area contributed by atoms with Gasteiger partial charge in [0.25, 0.3) is 0 Å². The van der Waals surface area contributed by atoms with Crippen LogP contribution in [0.15, 0.2) is 12.1 Å². The molecule has 0 radical (unpaired) electrons. The lowest BCUT2D eigenvalue weighted by molar-refractivity contribution is -0.521. The van der Waals surface area contributed by atoms with Crippen molar-refractivity contribution in [1.82, 2.24) is 0 Å². The van der Waals surface area contributed by atoms with E-state index >= 15 is 0 Å². The number of ether oxygens (including phenoxy) is 1. The van der Waals surface area contributed by atoms with Crippen LogP contribution in [0.3, 0.4) is 0 Å². The van der Waals surface area contributed by atoms with Gasteiger partial charge in [-0.15, -0.1) is 0 Å². The number of rotatable bonds is 4. The van der Waals surface area contributed by atoms with Crippen LogP contribution in [0.4, 0.5) is 11.4 Å². The van der Waals surface area contributed by atoms with Crippen molar-refractivity contribution in [2.45, 2.75) is 38.3 Å². The van der Waals surface area contributed by atoms with E-state index in [0.29, 0.717) is 29.1 Å². The van der Waals surface area contributed by atoms with Gasteiger partial charge in [-0.2, -0.15) is 0 Å². The molecule has 0 bridgehead atoms. The molecule has 20 heavy (non-hydrogen) atoms. The summed E-state index contributed by atoms with van der Waals surface area (Å²) in [6.07, 6.45) is 3.81. The highest BCUT2D eigenvalue weighted by Gasteiger charge is 2.41. The Bertz CT molecular complexity index is 515. The maximum Gasteiger partial charge on any atom is 0.171 e. The van der Waals surface area contributed by atoms with Crippen LogP contribution in [-0.4, -0.2) is 30.1 Å². The molecule has 5 nitrogen and oxygen atoms in total. The summed E-state index contributed by atoms with van der Waals surface area (Å²) in [7, 11) is 1.57. The topological polar surface area (TPSA) is 95.5 Å². The fraction of sp³-hybridized carbons (Fsp3) is 0.533. The second-order valence-electron chi connectivity index (χ2n) is 6.05. The van der Waals surface area contributed by atoms with E-state index in [0.717, 1.165) is 18.4 Å². The van der Waals surface area contributed by atoms with Gasteiger partial charge in [0.2, 0.25) is 0 Å². The largest absolute Gasteiger partial charge is 0.495 e. The summed E-state index contributed by atoms with van der Waals surface area (Å²) in [5, 5.41) is 9.89. The highest BCUT2D eigenvalue weighted by Crippen LogP contribution is 2.34. The Balaban J connectivity index is 2.02. The van der Waals surface area contributed by atoms with Crippen molar-refractivity contribution in [3.63, 3.8) is 0 Å². The smallest absolute Gasteiger partial charge is 0.171 e. The number of nitrogen functional groups attached to an aromatic ring is 2. The lowest BCUT2D eigenvalue weighted by Gasteiger charge is -2.37. The minimum absolute atomic E-state index is 0.353. The average Bonchev–Trinajstić information content (AvgIpc) is 2.29. The zero-order chi connectivity index (χ0) is 14.9. The summed E-state index contributed by atoms with van der Waals surface area (Å²) < 4.78 is 5.12. The normalized spacial score (nSPS) is 22.8. The maximum atomic E-state index is 9.89. The number of methoxy groups -OCH3 is 1. The van der Waals surface area contributed by atoms with E-state index in [4.69, 9.17) is 16.2 Å². The molecule has 6 N–H and O–H groups in total. The van der Waals surface area contributed by atoms with E-state index in [1.807, 2.05) is 20.1 Å². The van der Waals surface area contributed by atoms with Gasteiger partial charge in [0.05, 0.1) is 24.0 Å². The van der Waals surface area contributed by atoms with Crippen LogP contribution in [0.5, 0.6) is 5.75 Å². The summed E-state index contributed by atoms with van der Waals surface area (Å²) in [6.45, 7) is 3.72. The van der Waals surface area contributed by atoms with E-state index in [1.54, 1.807) is 19.2 Å². The van der Waals surface area contributed by atoms with Crippen molar-refractivity contribution in [3.05, 3.63) is 17.7 Å². The number of benzene rings is 1. The highest BCUT2D eigenvalue weighted by molar-refractivity contribution is 5.86. The molecule has 0 spiro atoms. The highest BCUT2D eigenvalue weighted by atomic mass is 16.5. The van der Waals surface area contributed by atoms with Gasteiger partial charge >= 0.3 is 0 Å². The fourth-order valence-electron chi connectivity index (χ4n) is 2.47. The molecule has 2 rings (SSSR count). The molecular formula is C15H24N3O2+. The first kappa shape index (κ1) is 14.7. The quantitative estimate of drug-likeness (QED) is 0.457. The zero-order valence-corrected chi connectivity index (χ0v) is 12.3. The zero-order valence-electron chi connectivity index (χ0n) is 12.3. The van der Waals surface area contributed by atoms with Gasteiger partial charge < -0.3 is 21.3 Å². The predicted octanol–water partition coefficient (Wildman–Crippen LogP) is -0.0914. The van der Waals surface area contributed by atoms with Gasteiger partial charge in [0, 0.05) is 24.6 Å². The van der Waals surface area contributed by atoms with Crippen LogP contribution >= 0.6 is 0 Å². The van der Waals surface area contributed by atoms with Crippen molar-refractivity contribution in [1.29, 1.82) is 0 Å². The molecular weight excluding hydrogens is 254 g/mol. The van der Waals surface area contributed by atoms with Gasteiger partial charge in [0.15, 0.2) is 12.3 Å². The third-order valence-electron chi connectivity index (χ3n) is 4.05. The standard InChI is InChI=1S/C15H23N3O2/c1-15(2,19)10-5-11(6-10)18-8-9-4-13(17)14(20-3)7-12(9)16/h4,7-8,10-11,19H,5-6,16-17H2,1-3H3/p+1. The SMILES string of the molecule is COc1cc(N)c(C=[NH+]C2CC(C(C)(C)O)C2)cc1N. The Morgan fingerprint density at radius 3 is 2.50 bits per heavy atom. The van der Waals surface area contributed by atoms with Gasteiger partial charge in [-0.1, -0.05) is 0 Å². The molecule has 1 aromatic carbocycles. The molecule has 0 unspecified atom stereocenters. The van der Waals surface area contributed by atoms with E-state index in [1.165, 1.54) is 0 Å². The molecule has 1 saturated carbocycles. The molecule has 0 aromatic heterocycles. The minimum Gasteiger partial charge on any atom is -0.495 e. The van der Waals surface area contributed by atoms with Gasteiger partial charge in [-0.3, -0.25) is 0 Å². The predicted molar refractivity (Wildman–Crippen MR) is 80.8 cm³/mol. The Morgan fingerprint density at radius 1 is 1.30 bits per heavy atom. The van der Waals surface area contributed by atoms with Crippen molar-refractivity contribution < 1.29 is 14.8 Å². The van der Waals surface area contributed by atoms with E-state index in [9.17, 15) is 5.11 Å². The van der Waals surface area contributed by atoms with Crippen molar-refractivity contribution in [3.8, 4) is 5.75 Å². The molecule has 0 aliphatic heterocycles. The number of anilines is 2. The fourth-order valence-corrected chi connectivity index (χ4v) is 2.47. The van der Waals surface area contributed by atoms with Crippen molar-refractivity contribution >= 4 is 17.6 Å². The van der Waals surface area contributed by atoms with Gasteiger partial charge in [-0.05, 0) is 25.8 Å². The molecule has 0 saturated heterocycles. The number of hydrogen-bond donors (Lipinski definition) is 4. The Hall–Kier alpha value is -1.75. The van der Waals surface area contributed by atoms with E-state index < -0.39 is 5.60 Å². The molecule has 1 aromatic rings. The van der Waals surface area contributed by atoms with Crippen molar-refractivity contribution in [2.75, 3.05) is 18.6 Å². The molecule has 1 aliphatic carbocycles. The van der Waals surface area contributed by atoms with Gasteiger partial charge in [0.1, 0.15) is 5.75 Å². The first-order chi connectivity index (χ1) is 9.31. The van der Waals surface area contributed by atoms with Crippen LogP contribution in [-0.2, 0) is 0 Å². The lowest BCUT2D eigenvalue weighted by atomic mass is 9.71. The third-order valence-corrected chi connectivity index (χ3v) is 4.05. The average molecular weight is 278 g/mol. The summed E-state index contributed by atoms with van der Waals surface area (Å²) in [6, 6.07) is 3.91. The Labute approximate surface area is 119 Å². The molecule has 1 fully saturated rings. The van der Waals surface area contributed by atoms with Crippen molar-refractivity contribution in [2.24, 2.45) is 5.92 Å². The number of hydrogen-bond acceptors (Lipinski definition) is 4. The van der Waals surface area contributed by atoms with Crippen LogP contribution in [0.25, 0.3) is 0 Å².